The minimum absolute atomic E-state index is 0.0265. The van der Waals surface area contributed by atoms with E-state index in [0.29, 0.717) is 28.7 Å². The Hall–Kier alpha value is -1.77. The summed E-state index contributed by atoms with van der Waals surface area (Å²) in [5.41, 5.74) is 0.917. The molecule has 1 amide bonds. The number of aromatic nitrogens is 2. The van der Waals surface area contributed by atoms with Crippen molar-refractivity contribution in [3.05, 3.63) is 32.5 Å². The van der Waals surface area contributed by atoms with E-state index < -0.39 is 5.97 Å². The summed E-state index contributed by atoms with van der Waals surface area (Å²) in [6, 6.07) is -0.0265. The number of esters is 1. The topological polar surface area (TPSA) is 87.3 Å². The second-order valence-electron chi connectivity index (χ2n) is 5.33. The molecule has 7 nitrogen and oxygen atoms in total. The van der Waals surface area contributed by atoms with Crippen LogP contribution < -0.4 is 10.2 Å². The Morgan fingerprint density at radius 2 is 2.12 bits per heavy atom. The Kier molecular flexibility index (Phi) is 4.71. The zero-order chi connectivity index (χ0) is 17.4. The molecule has 1 aliphatic heterocycles. The molecule has 0 aliphatic carbocycles. The van der Waals surface area contributed by atoms with Gasteiger partial charge in [0.15, 0.2) is 5.13 Å². The van der Waals surface area contributed by atoms with Gasteiger partial charge in [-0.2, -0.15) is 0 Å². The number of aromatic amines is 1. The smallest absolute Gasteiger partial charge is 0.349 e. The number of methoxy groups -OCH3 is 1. The zero-order valence-electron chi connectivity index (χ0n) is 12.9. The van der Waals surface area contributed by atoms with Crippen molar-refractivity contribution >= 4 is 51.5 Å². The lowest BCUT2D eigenvalue weighted by molar-refractivity contribution is 0.0606. The van der Waals surface area contributed by atoms with Crippen LogP contribution in [0.25, 0.3) is 0 Å². The molecule has 24 heavy (non-hydrogen) atoms. The molecular weight excluding hydrogens is 375 g/mol. The number of carbonyl (C=O) groups is 2. The van der Waals surface area contributed by atoms with Crippen molar-refractivity contribution < 1.29 is 14.3 Å². The van der Waals surface area contributed by atoms with E-state index in [2.05, 4.69) is 20.0 Å². The number of aryl methyl sites for hydroxylation is 1. The summed E-state index contributed by atoms with van der Waals surface area (Å²) in [5, 5.41) is 4.19. The zero-order valence-corrected chi connectivity index (χ0v) is 15.2. The normalized spacial score (nSPS) is 14.4. The largest absolute Gasteiger partial charge is 0.465 e. The maximum atomic E-state index is 12.2. The second-order valence-corrected chi connectivity index (χ2v) is 7.09. The molecular formula is C14H14Cl2N4O3S. The quantitative estimate of drug-likeness (QED) is 0.785. The van der Waals surface area contributed by atoms with Crippen molar-refractivity contribution in [3.8, 4) is 0 Å². The molecule has 2 aromatic rings. The maximum absolute atomic E-state index is 12.2. The van der Waals surface area contributed by atoms with Crippen LogP contribution in [0.15, 0.2) is 6.20 Å². The van der Waals surface area contributed by atoms with E-state index in [4.69, 9.17) is 23.2 Å². The highest BCUT2D eigenvalue weighted by Crippen LogP contribution is 2.30. The molecule has 0 atom stereocenters. The maximum Gasteiger partial charge on any atom is 0.349 e. The van der Waals surface area contributed by atoms with E-state index in [1.807, 2.05) is 4.90 Å². The Bertz CT molecular complexity index is 798. The van der Waals surface area contributed by atoms with Gasteiger partial charge in [-0.05, 0) is 6.92 Å². The average Bonchev–Trinajstić information content (AvgIpc) is 3.10. The van der Waals surface area contributed by atoms with Crippen LogP contribution in [-0.4, -0.2) is 48.1 Å². The van der Waals surface area contributed by atoms with Crippen LogP contribution in [0.3, 0.4) is 0 Å². The fourth-order valence-electron chi connectivity index (χ4n) is 2.32. The van der Waals surface area contributed by atoms with Crippen molar-refractivity contribution in [1.82, 2.24) is 15.3 Å². The molecule has 1 fully saturated rings. The van der Waals surface area contributed by atoms with E-state index in [1.165, 1.54) is 24.6 Å². The molecule has 0 spiro atoms. The minimum atomic E-state index is -0.405. The predicted octanol–water partition coefficient (Wildman–Crippen LogP) is 2.49. The third-order valence-electron chi connectivity index (χ3n) is 3.65. The van der Waals surface area contributed by atoms with Gasteiger partial charge in [0.25, 0.3) is 5.91 Å². The van der Waals surface area contributed by atoms with E-state index in [1.54, 1.807) is 6.92 Å². The number of anilines is 1. The summed E-state index contributed by atoms with van der Waals surface area (Å²) in [6.45, 7) is 2.95. The molecule has 2 N–H and O–H groups in total. The first-order chi connectivity index (χ1) is 11.4. The number of carbonyl (C=O) groups excluding carboxylic acids is 2. The lowest BCUT2D eigenvalue weighted by Gasteiger charge is -2.39. The van der Waals surface area contributed by atoms with E-state index >= 15 is 0 Å². The van der Waals surface area contributed by atoms with E-state index in [0.717, 1.165) is 5.13 Å². The summed E-state index contributed by atoms with van der Waals surface area (Å²) in [4.78, 5) is 33.2. The van der Waals surface area contributed by atoms with Crippen molar-refractivity contribution in [2.75, 3.05) is 25.1 Å². The number of rotatable bonds is 4. The number of hydrogen-bond acceptors (Lipinski definition) is 6. The molecule has 1 aliphatic rings. The molecule has 1 saturated heterocycles. The van der Waals surface area contributed by atoms with E-state index in [9.17, 15) is 9.59 Å². The van der Waals surface area contributed by atoms with Gasteiger partial charge in [-0.25, -0.2) is 9.78 Å². The number of ether oxygens (including phenoxy) is 1. The van der Waals surface area contributed by atoms with Gasteiger partial charge in [0, 0.05) is 18.8 Å². The van der Waals surface area contributed by atoms with Crippen molar-refractivity contribution in [2.24, 2.45) is 0 Å². The Labute approximate surface area is 151 Å². The van der Waals surface area contributed by atoms with Crippen LogP contribution in [0, 0.1) is 6.92 Å². The number of nitrogens with one attached hydrogen (secondary N) is 2. The molecule has 2 aromatic heterocycles. The highest BCUT2D eigenvalue weighted by molar-refractivity contribution is 7.17. The number of nitrogens with zero attached hydrogens (tertiary/aromatic N) is 2. The fraction of sp³-hybridized carbons (Fsp3) is 0.357. The summed E-state index contributed by atoms with van der Waals surface area (Å²) in [7, 11) is 1.33. The van der Waals surface area contributed by atoms with Crippen LogP contribution in [-0.2, 0) is 4.74 Å². The summed E-state index contributed by atoms with van der Waals surface area (Å²) in [6.07, 6.45) is 1.49. The van der Waals surface area contributed by atoms with Crippen LogP contribution in [0.1, 0.15) is 25.9 Å². The summed E-state index contributed by atoms with van der Waals surface area (Å²) >= 11 is 13.3. The highest BCUT2D eigenvalue weighted by atomic mass is 35.5. The lowest BCUT2D eigenvalue weighted by atomic mass is 10.1. The van der Waals surface area contributed by atoms with Crippen LogP contribution in [0.2, 0.25) is 10.0 Å². The van der Waals surface area contributed by atoms with Gasteiger partial charge in [0.2, 0.25) is 0 Å². The Balaban J connectivity index is 1.57. The van der Waals surface area contributed by atoms with Gasteiger partial charge in [-0.1, -0.05) is 34.5 Å². The number of halogens is 2. The van der Waals surface area contributed by atoms with Gasteiger partial charge in [0.05, 0.1) is 29.4 Å². The third kappa shape index (κ3) is 3.09. The molecule has 3 heterocycles. The molecule has 0 saturated carbocycles. The average molecular weight is 389 g/mol. The van der Waals surface area contributed by atoms with Crippen LogP contribution in [0.4, 0.5) is 5.13 Å². The first-order valence-electron chi connectivity index (χ1n) is 7.04. The third-order valence-corrected chi connectivity index (χ3v) is 5.63. The minimum Gasteiger partial charge on any atom is -0.465 e. The number of thiazole rings is 1. The second kappa shape index (κ2) is 6.62. The molecule has 0 aromatic carbocycles. The Morgan fingerprint density at radius 1 is 1.42 bits per heavy atom. The molecule has 3 rings (SSSR count). The van der Waals surface area contributed by atoms with Gasteiger partial charge >= 0.3 is 5.97 Å². The predicted molar refractivity (Wildman–Crippen MR) is 92.5 cm³/mol. The molecule has 0 radical (unpaired) electrons. The van der Waals surface area contributed by atoms with Crippen LogP contribution >= 0.6 is 34.5 Å². The van der Waals surface area contributed by atoms with Gasteiger partial charge < -0.3 is 19.9 Å². The van der Waals surface area contributed by atoms with E-state index in [-0.39, 0.29) is 22.7 Å². The monoisotopic (exact) mass is 388 g/mol. The standard InChI is InChI=1S/C14H14Cl2N4O3S/c1-6-9(15)10(16)11(18-6)12(21)19-7-4-20(5-7)14-17-3-8(24-14)13(22)23-2/h3,7,18H,4-5H2,1-2H3,(H,19,21). The van der Waals surface area contributed by atoms with Gasteiger partial charge in [0.1, 0.15) is 10.6 Å². The van der Waals surface area contributed by atoms with Crippen LogP contribution in [0.5, 0.6) is 0 Å². The number of amides is 1. The van der Waals surface area contributed by atoms with Crippen molar-refractivity contribution in [2.45, 2.75) is 13.0 Å². The SMILES string of the molecule is COC(=O)c1cnc(N2CC(NC(=O)c3[nH]c(C)c(Cl)c3Cl)C2)s1. The van der Waals surface area contributed by atoms with Crippen molar-refractivity contribution in [1.29, 1.82) is 0 Å². The molecule has 0 unspecified atom stereocenters. The van der Waals surface area contributed by atoms with Crippen molar-refractivity contribution in [3.63, 3.8) is 0 Å². The molecule has 128 valence electrons. The first-order valence-corrected chi connectivity index (χ1v) is 8.61. The summed E-state index contributed by atoms with van der Waals surface area (Å²) in [5.74, 6) is -0.702. The lowest BCUT2D eigenvalue weighted by Crippen LogP contribution is -2.59. The van der Waals surface area contributed by atoms with Gasteiger partial charge in [-0.15, -0.1) is 0 Å². The summed E-state index contributed by atoms with van der Waals surface area (Å²) < 4.78 is 4.66. The number of H-pyrrole nitrogens is 1. The molecule has 10 heteroatoms. The first kappa shape index (κ1) is 17.1. The van der Waals surface area contributed by atoms with Gasteiger partial charge in [-0.3, -0.25) is 4.79 Å². The number of hydrogen-bond donors (Lipinski definition) is 2. The Morgan fingerprint density at radius 3 is 2.71 bits per heavy atom. The molecule has 0 bridgehead atoms. The highest BCUT2D eigenvalue weighted by Gasteiger charge is 2.31. The fourth-order valence-corrected chi connectivity index (χ4v) is 3.59.